The third-order valence-corrected chi connectivity index (χ3v) is 4.38. The Balaban J connectivity index is 2.28. The number of phenolic OH excluding ortho intramolecular Hbond substituents is 1. The number of aromatic hydroxyl groups is 1. The highest BCUT2D eigenvalue weighted by molar-refractivity contribution is 6.55. The maximum atomic E-state index is 9.63. The quantitative estimate of drug-likeness (QED) is 0.843. The topological polar surface area (TPSA) is 58.9 Å². The lowest BCUT2D eigenvalue weighted by Crippen LogP contribution is -2.41. The van der Waals surface area contributed by atoms with Crippen LogP contribution in [0, 0.1) is 0 Å². The monoisotopic (exact) mass is 310 g/mol. The van der Waals surface area contributed by atoms with Crippen molar-refractivity contribution in [2.45, 2.75) is 38.9 Å². The van der Waals surface area contributed by atoms with Gasteiger partial charge in [-0.2, -0.15) is 0 Å². The van der Waals surface area contributed by atoms with Crippen LogP contribution >= 0.6 is 11.6 Å². The molecule has 0 saturated carbocycles. The number of hydrogen-bond donors (Lipinski definition) is 2. The number of halogens is 1. The zero-order chi connectivity index (χ0) is 15.8. The fourth-order valence-corrected chi connectivity index (χ4v) is 2.13. The molecule has 0 radical (unpaired) electrons. The molecule has 1 aliphatic heterocycles. The van der Waals surface area contributed by atoms with Crippen molar-refractivity contribution in [1.82, 2.24) is 0 Å². The summed E-state index contributed by atoms with van der Waals surface area (Å²) in [6, 6.07) is 4.88. The van der Waals surface area contributed by atoms with Gasteiger partial charge >= 0.3 is 7.12 Å². The first-order valence-corrected chi connectivity index (χ1v) is 7.19. The van der Waals surface area contributed by atoms with E-state index in [1.165, 1.54) is 6.07 Å². The average molecular weight is 311 g/mol. The molecule has 21 heavy (non-hydrogen) atoms. The Morgan fingerprint density at radius 2 is 1.81 bits per heavy atom. The molecule has 114 valence electrons. The van der Waals surface area contributed by atoms with Crippen molar-refractivity contribution in [1.29, 1.82) is 0 Å². The van der Waals surface area contributed by atoms with E-state index < -0.39 is 18.3 Å². The second-order valence-electron chi connectivity index (χ2n) is 6.18. The van der Waals surface area contributed by atoms with E-state index in [0.29, 0.717) is 5.47 Å². The van der Waals surface area contributed by atoms with Crippen LogP contribution in [0.15, 0.2) is 23.7 Å². The summed E-state index contributed by atoms with van der Waals surface area (Å²) in [4.78, 5) is 0. The highest BCUT2D eigenvalue weighted by Crippen LogP contribution is 2.38. The van der Waals surface area contributed by atoms with E-state index in [9.17, 15) is 10.2 Å². The predicted octanol–water partition coefficient (Wildman–Crippen LogP) is 3.05. The normalized spacial score (nSPS) is 20.9. The molecule has 0 amide bonds. The summed E-state index contributed by atoms with van der Waals surface area (Å²) >= 11 is 5.78. The molecule has 4 nitrogen and oxygen atoms in total. The standard InChI is InChI=1S/C15H20BClO4/c1-14(2)15(3,4)21-16(20-14)11(9-18)7-10-5-6-12(17)13(19)8-10/h5-8,18-19H,9H2,1-4H3. The van der Waals surface area contributed by atoms with Gasteiger partial charge in [-0.3, -0.25) is 0 Å². The molecule has 1 fully saturated rings. The van der Waals surface area contributed by atoms with Gasteiger partial charge in [0.25, 0.3) is 0 Å². The van der Waals surface area contributed by atoms with E-state index in [1.807, 2.05) is 27.7 Å². The van der Waals surface area contributed by atoms with Crippen LogP contribution in [0.25, 0.3) is 6.08 Å². The number of benzene rings is 1. The number of aliphatic hydroxyl groups is 1. The van der Waals surface area contributed by atoms with E-state index in [4.69, 9.17) is 20.9 Å². The first-order chi connectivity index (χ1) is 9.66. The average Bonchev–Trinajstić information content (AvgIpc) is 2.59. The van der Waals surface area contributed by atoms with Crippen LogP contribution in [0.1, 0.15) is 33.3 Å². The summed E-state index contributed by atoms with van der Waals surface area (Å²) < 4.78 is 11.8. The summed E-state index contributed by atoms with van der Waals surface area (Å²) in [5.41, 5.74) is 0.383. The first kappa shape index (κ1) is 16.4. The molecule has 0 spiro atoms. The van der Waals surface area contributed by atoms with Crippen LogP contribution in [0.5, 0.6) is 5.75 Å². The summed E-state index contributed by atoms with van der Waals surface area (Å²) in [6.45, 7) is 7.62. The Morgan fingerprint density at radius 1 is 1.24 bits per heavy atom. The van der Waals surface area contributed by atoms with Crippen molar-refractivity contribution < 1.29 is 19.5 Å². The molecule has 0 bridgehead atoms. The predicted molar refractivity (Wildman–Crippen MR) is 84.3 cm³/mol. The van der Waals surface area contributed by atoms with Gasteiger partial charge in [0, 0.05) is 0 Å². The molecule has 0 aromatic heterocycles. The van der Waals surface area contributed by atoms with E-state index in [2.05, 4.69) is 0 Å². The molecule has 2 rings (SSSR count). The van der Waals surface area contributed by atoms with Gasteiger partial charge in [0.05, 0.1) is 22.8 Å². The fraction of sp³-hybridized carbons (Fsp3) is 0.467. The molecule has 1 heterocycles. The molecule has 1 aromatic carbocycles. The van der Waals surface area contributed by atoms with Gasteiger partial charge in [-0.25, -0.2) is 0 Å². The van der Waals surface area contributed by atoms with Crippen molar-refractivity contribution in [2.24, 2.45) is 0 Å². The molecule has 1 saturated heterocycles. The van der Waals surface area contributed by atoms with Crippen molar-refractivity contribution >= 4 is 24.8 Å². The van der Waals surface area contributed by atoms with E-state index >= 15 is 0 Å². The SMILES string of the molecule is CC1(C)OB(C(=Cc2ccc(Cl)c(O)c2)CO)OC1(C)C. The van der Waals surface area contributed by atoms with Gasteiger partial charge < -0.3 is 19.5 Å². The minimum atomic E-state index is -0.613. The van der Waals surface area contributed by atoms with Crippen molar-refractivity contribution in [3.05, 3.63) is 34.3 Å². The first-order valence-electron chi connectivity index (χ1n) is 6.82. The number of aliphatic hydroxyl groups excluding tert-OH is 1. The molecule has 6 heteroatoms. The number of hydrogen-bond acceptors (Lipinski definition) is 4. The maximum absolute atomic E-state index is 9.63. The largest absolute Gasteiger partial charge is 0.506 e. The van der Waals surface area contributed by atoms with E-state index in [0.717, 1.165) is 5.56 Å². The highest BCUT2D eigenvalue weighted by Gasteiger charge is 2.52. The molecule has 0 atom stereocenters. The smallest absolute Gasteiger partial charge is 0.492 e. The van der Waals surface area contributed by atoms with Crippen molar-refractivity contribution in [3.8, 4) is 5.75 Å². The summed E-state index contributed by atoms with van der Waals surface area (Å²) in [5, 5.41) is 19.5. The Morgan fingerprint density at radius 3 is 2.29 bits per heavy atom. The molecule has 0 unspecified atom stereocenters. The lowest BCUT2D eigenvalue weighted by molar-refractivity contribution is 0.00578. The van der Waals surface area contributed by atoms with Gasteiger partial charge in [-0.1, -0.05) is 23.7 Å². The third-order valence-electron chi connectivity index (χ3n) is 4.06. The fourth-order valence-electron chi connectivity index (χ4n) is 2.02. The second-order valence-corrected chi connectivity index (χ2v) is 6.58. The number of rotatable bonds is 3. The Labute approximate surface area is 130 Å². The lowest BCUT2D eigenvalue weighted by atomic mass is 9.77. The molecule has 0 aliphatic carbocycles. The lowest BCUT2D eigenvalue weighted by Gasteiger charge is -2.32. The zero-order valence-corrected chi connectivity index (χ0v) is 13.4. The Bertz CT molecular complexity index is 553. The highest BCUT2D eigenvalue weighted by atomic mass is 35.5. The second kappa shape index (κ2) is 5.65. The van der Waals surface area contributed by atoms with Gasteiger partial charge in [-0.15, -0.1) is 0 Å². The Kier molecular flexibility index (Phi) is 4.40. The minimum absolute atomic E-state index is 0.00313. The zero-order valence-electron chi connectivity index (χ0n) is 12.7. The number of phenols is 1. The molecular weight excluding hydrogens is 290 g/mol. The van der Waals surface area contributed by atoms with Crippen LogP contribution in [0.2, 0.25) is 5.02 Å². The van der Waals surface area contributed by atoms with Gasteiger partial charge in [0.2, 0.25) is 0 Å². The van der Waals surface area contributed by atoms with E-state index in [-0.39, 0.29) is 17.4 Å². The summed E-state index contributed by atoms with van der Waals surface area (Å²) in [5.74, 6) is -0.00313. The molecule has 1 aliphatic rings. The van der Waals surface area contributed by atoms with Gasteiger partial charge in [0.15, 0.2) is 0 Å². The van der Waals surface area contributed by atoms with Crippen LogP contribution in [0.4, 0.5) is 0 Å². The van der Waals surface area contributed by atoms with Crippen LogP contribution in [-0.4, -0.2) is 35.1 Å². The molecule has 1 aromatic rings. The Hall–Kier alpha value is -1.01. The summed E-state index contributed by atoms with van der Waals surface area (Å²) in [6.07, 6.45) is 1.73. The maximum Gasteiger partial charge on any atom is 0.492 e. The van der Waals surface area contributed by atoms with Crippen LogP contribution in [0.3, 0.4) is 0 Å². The van der Waals surface area contributed by atoms with Crippen LogP contribution < -0.4 is 0 Å². The molecular formula is C15H20BClO4. The minimum Gasteiger partial charge on any atom is -0.506 e. The van der Waals surface area contributed by atoms with Crippen LogP contribution in [-0.2, 0) is 9.31 Å². The van der Waals surface area contributed by atoms with Crippen molar-refractivity contribution in [3.63, 3.8) is 0 Å². The molecule has 2 N–H and O–H groups in total. The van der Waals surface area contributed by atoms with Crippen molar-refractivity contribution in [2.75, 3.05) is 6.61 Å². The van der Waals surface area contributed by atoms with E-state index in [1.54, 1.807) is 18.2 Å². The van der Waals surface area contributed by atoms with Gasteiger partial charge in [0.1, 0.15) is 5.75 Å². The summed E-state index contributed by atoms with van der Waals surface area (Å²) in [7, 11) is -0.613. The van der Waals surface area contributed by atoms with Gasteiger partial charge in [-0.05, 0) is 50.9 Å². The third kappa shape index (κ3) is 3.26.